The van der Waals surface area contributed by atoms with Crippen LogP contribution in [-0.4, -0.2) is 49.3 Å². The number of anilines is 1. The van der Waals surface area contributed by atoms with Crippen LogP contribution in [-0.2, 0) is 9.84 Å². The van der Waals surface area contributed by atoms with E-state index in [9.17, 15) is 8.42 Å². The molecule has 0 amide bonds. The van der Waals surface area contributed by atoms with Gasteiger partial charge in [-0.15, -0.1) is 0 Å². The Kier molecular flexibility index (Phi) is 4.51. The number of hydrogen-bond donors (Lipinski definition) is 1. The number of fused-ring (bicyclic) bond motifs is 1. The van der Waals surface area contributed by atoms with Gasteiger partial charge in [-0.3, -0.25) is 0 Å². The normalized spacial score (nSPS) is 19.6. The van der Waals surface area contributed by atoms with Crippen molar-refractivity contribution in [2.75, 3.05) is 24.8 Å². The third kappa shape index (κ3) is 3.37. The van der Waals surface area contributed by atoms with Crippen LogP contribution in [0.4, 0.5) is 5.82 Å². The number of hydrogen-bond acceptors (Lipinski definition) is 6. The lowest BCUT2D eigenvalue weighted by Crippen LogP contribution is -2.45. The number of nitrogens with one attached hydrogen (secondary N) is 1. The molecular formula is C19H22N4O3S. The minimum atomic E-state index is -3.29. The first-order valence-electron chi connectivity index (χ1n) is 8.85. The summed E-state index contributed by atoms with van der Waals surface area (Å²) >= 11 is 0. The summed E-state index contributed by atoms with van der Waals surface area (Å²) in [5.74, 6) is 1.86. The quantitative estimate of drug-likeness (QED) is 0.701. The Hall–Kier alpha value is -2.61. The maximum atomic E-state index is 12.6. The summed E-state index contributed by atoms with van der Waals surface area (Å²) in [6.07, 6.45) is 5.07. The first-order chi connectivity index (χ1) is 13.0. The monoisotopic (exact) mass is 386 g/mol. The van der Waals surface area contributed by atoms with E-state index in [1.807, 2.05) is 19.3 Å². The number of H-pyrrole nitrogens is 1. The maximum Gasteiger partial charge on any atom is 0.178 e. The Labute approximate surface area is 158 Å². The van der Waals surface area contributed by atoms with Crippen LogP contribution in [0.3, 0.4) is 0 Å². The Morgan fingerprint density at radius 3 is 2.63 bits per heavy atom. The van der Waals surface area contributed by atoms with Crippen LogP contribution in [0.2, 0.25) is 0 Å². The van der Waals surface area contributed by atoms with Crippen molar-refractivity contribution < 1.29 is 13.2 Å². The van der Waals surface area contributed by atoms with Crippen LogP contribution in [0.15, 0.2) is 47.8 Å². The second kappa shape index (κ2) is 6.84. The highest BCUT2D eigenvalue weighted by molar-refractivity contribution is 7.91. The van der Waals surface area contributed by atoms with Crippen molar-refractivity contribution in [3.8, 4) is 5.75 Å². The topological polar surface area (TPSA) is 88.2 Å². The molecule has 142 valence electrons. The van der Waals surface area contributed by atoms with E-state index in [2.05, 4.69) is 19.9 Å². The van der Waals surface area contributed by atoms with Crippen LogP contribution in [0.5, 0.6) is 5.75 Å². The summed E-state index contributed by atoms with van der Waals surface area (Å²) in [5.41, 5.74) is 0.810. The van der Waals surface area contributed by atoms with E-state index < -0.39 is 9.84 Å². The van der Waals surface area contributed by atoms with Crippen molar-refractivity contribution >= 4 is 26.7 Å². The molecule has 0 aliphatic heterocycles. The molecule has 7 nitrogen and oxygen atoms in total. The largest absolute Gasteiger partial charge is 0.497 e. The number of ether oxygens (including phenoxy) is 1. The molecule has 1 aliphatic carbocycles. The molecule has 1 saturated carbocycles. The molecule has 0 spiro atoms. The lowest BCUT2D eigenvalue weighted by Gasteiger charge is -2.41. The van der Waals surface area contributed by atoms with Crippen LogP contribution in [0, 0.1) is 5.92 Å². The molecule has 2 aromatic heterocycles. The van der Waals surface area contributed by atoms with Crippen LogP contribution >= 0.6 is 0 Å². The fourth-order valence-corrected chi connectivity index (χ4v) is 5.29. The van der Waals surface area contributed by atoms with Crippen LogP contribution < -0.4 is 9.64 Å². The van der Waals surface area contributed by atoms with Crippen LogP contribution in [0.1, 0.15) is 12.8 Å². The molecule has 2 heterocycles. The summed E-state index contributed by atoms with van der Waals surface area (Å²) < 4.78 is 30.4. The molecule has 4 rings (SSSR count). The third-order valence-corrected chi connectivity index (χ3v) is 7.20. The summed E-state index contributed by atoms with van der Waals surface area (Å²) in [4.78, 5) is 14.2. The highest BCUT2D eigenvalue weighted by Gasteiger charge is 2.36. The van der Waals surface area contributed by atoms with Gasteiger partial charge in [0.1, 0.15) is 23.5 Å². The van der Waals surface area contributed by atoms with Gasteiger partial charge in [0.05, 0.1) is 23.1 Å². The van der Waals surface area contributed by atoms with Crippen molar-refractivity contribution in [1.82, 2.24) is 15.0 Å². The zero-order valence-corrected chi connectivity index (χ0v) is 16.1. The molecule has 27 heavy (non-hydrogen) atoms. The van der Waals surface area contributed by atoms with Gasteiger partial charge in [0.2, 0.25) is 0 Å². The second-order valence-corrected chi connectivity index (χ2v) is 9.03. The molecule has 0 unspecified atom stereocenters. The molecule has 1 aromatic carbocycles. The average Bonchev–Trinajstić information content (AvgIpc) is 3.12. The highest BCUT2D eigenvalue weighted by Crippen LogP contribution is 2.36. The molecule has 0 radical (unpaired) electrons. The summed E-state index contributed by atoms with van der Waals surface area (Å²) in [5, 5.41) is 0.981. The Bertz CT molecular complexity index is 1040. The number of benzene rings is 1. The first-order valence-corrected chi connectivity index (χ1v) is 10.5. The zero-order chi connectivity index (χ0) is 19.0. The highest BCUT2D eigenvalue weighted by atomic mass is 32.2. The lowest BCUT2D eigenvalue weighted by atomic mass is 9.81. The number of nitrogens with zero attached hydrogens (tertiary/aromatic N) is 3. The second-order valence-electron chi connectivity index (χ2n) is 7.00. The third-order valence-electron chi connectivity index (χ3n) is 5.30. The maximum absolute atomic E-state index is 12.6. The van der Waals surface area contributed by atoms with Gasteiger partial charge in [0.25, 0.3) is 0 Å². The Morgan fingerprint density at radius 2 is 1.93 bits per heavy atom. The molecule has 0 bridgehead atoms. The van der Waals surface area contributed by atoms with Gasteiger partial charge in [-0.2, -0.15) is 0 Å². The van der Waals surface area contributed by atoms with Crippen molar-refractivity contribution in [1.29, 1.82) is 0 Å². The van der Waals surface area contributed by atoms with E-state index in [-0.39, 0.29) is 17.7 Å². The average molecular weight is 386 g/mol. The van der Waals surface area contributed by atoms with Gasteiger partial charge in [0.15, 0.2) is 9.84 Å². The molecule has 0 saturated heterocycles. The number of aromatic nitrogens is 3. The van der Waals surface area contributed by atoms with Gasteiger partial charge >= 0.3 is 0 Å². The molecule has 3 aromatic rings. The van der Waals surface area contributed by atoms with E-state index in [0.29, 0.717) is 10.6 Å². The summed E-state index contributed by atoms with van der Waals surface area (Å²) in [7, 11) is 0.281. The molecule has 1 N–H and O–H groups in total. The SMILES string of the molecule is COc1ccc(S(=O)(=O)CC2CC(N(C)c3ncnc4[nH]ccc34)C2)cc1. The smallest absolute Gasteiger partial charge is 0.178 e. The molecule has 0 atom stereocenters. The number of rotatable bonds is 6. The minimum Gasteiger partial charge on any atom is -0.497 e. The number of methoxy groups -OCH3 is 1. The van der Waals surface area contributed by atoms with E-state index in [1.165, 1.54) is 0 Å². The van der Waals surface area contributed by atoms with Gasteiger partial charge in [-0.05, 0) is 49.1 Å². The zero-order valence-electron chi connectivity index (χ0n) is 15.3. The first kappa shape index (κ1) is 17.8. The molecule has 1 aliphatic rings. The van der Waals surface area contributed by atoms with Crippen molar-refractivity contribution in [3.63, 3.8) is 0 Å². The number of sulfone groups is 1. The molecule has 1 fully saturated rings. The predicted molar refractivity (Wildman–Crippen MR) is 104 cm³/mol. The fraction of sp³-hybridized carbons (Fsp3) is 0.368. The minimum absolute atomic E-state index is 0.160. The van der Waals surface area contributed by atoms with Gasteiger partial charge in [0, 0.05) is 19.3 Å². The van der Waals surface area contributed by atoms with Crippen molar-refractivity contribution in [3.05, 3.63) is 42.9 Å². The van der Waals surface area contributed by atoms with Gasteiger partial charge in [-0.1, -0.05) is 0 Å². The van der Waals surface area contributed by atoms with Crippen molar-refractivity contribution in [2.24, 2.45) is 5.92 Å². The summed E-state index contributed by atoms with van der Waals surface area (Å²) in [6.45, 7) is 0. The molecule has 8 heteroatoms. The van der Waals surface area contributed by atoms with Crippen LogP contribution in [0.25, 0.3) is 11.0 Å². The van der Waals surface area contributed by atoms with Gasteiger partial charge in [-0.25, -0.2) is 18.4 Å². The Morgan fingerprint density at radius 1 is 1.19 bits per heavy atom. The Balaban J connectivity index is 1.41. The van der Waals surface area contributed by atoms with E-state index in [1.54, 1.807) is 37.7 Å². The van der Waals surface area contributed by atoms with Crippen molar-refractivity contribution in [2.45, 2.75) is 23.8 Å². The number of aromatic amines is 1. The molecular weight excluding hydrogens is 364 g/mol. The van der Waals surface area contributed by atoms with E-state index in [0.717, 1.165) is 29.7 Å². The predicted octanol–water partition coefficient (Wildman–Crippen LogP) is 2.66. The van der Waals surface area contributed by atoms with E-state index in [4.69, 9.17) is 4.74 Å². The lowest BCUT2D eigenvalue weighted by molar-refractivity contribution is 0.282. The van der Waals surface area contributed by atoms with E-state index >= 15 is 0 Å². The fourth-order valence-electron chi connectivity index (χ4n) is 3.66. The standard InChI is InChI=1S/C19H22N4O3S/c1-23(19-17-7-8-20-18(17)21-12-22-19)14-9-13(10-14)11-27(24,25)16-5-3-15(26-2)4-6-16/h3-8,12-14H,9-11H2,1-2H3,(H,20,21,22). The summed E-state index contributed by atoms with van der Waals surface area (Å²) in [6, 6.07) is 8.84. The van der Waals surface area contributed by atoms with Gasteiger partial charge < -0.3 is 14.6 Å².